The maximum atomic E-state index is 12.3. The van der Waals surface area contributed by atoms with Crippen LogP contribution in [0.2, 0.25) is 0 Å². The number of fused-ring (bicyclic) bond motifs is 1. The molecule has 4 heteroatoms. The van der Waals surface area contributed by atoms with Crippen molar-refractivity contribution in [2.45, 2.75) is 6.54 Å². The van der Waals surface area contributed by atoms with Gasteiger partial charge in [-0.2, -0.15) is 5.26 Å². The molecule has 0 aliphatic rings. The second-order valence-corrected chi connectivity index (χ2v) is 5.67. The zero-order chi connectivity index (χ0) is 14.8. The van der Waals surface area contributed by atoms with Crippen LogP contribution in [0.15, 0.2) is 59.2 Å². The van der Waals surface area contributed by atoms with Gasteiger partial charge in [0.25, 0.3) is 0 Å². The molecule has 3 nitrogen and oxygen atoms in total. The molecule has 0 fully saturated rings. The maximum Gasteiger partial charge on any atom is 0.182 e. The molecule has 0 amide bonds. The van der Waals surface area contributed by atoms with Gasteiger partial charge in [-0.15, -0.1) is 0 Å². The minimum absolute atomic E-state index is 0.0439. The summed E-state index contributed by atoms with van der Waals surface area (Å²) >= 11 is 3.36. The normalized spacial score (nSPS) is 10.5. The van der Waals surface area contributed by atoms with E-state index in [4.69, 9.17) is 5.26 Å². The van der Waals surface area contributed by atoms with Crippen molar-refractivity contribution in [1.29, 1.82) is 5.26 Å². The summed E-state index contributed by atoms with van der Waals surface area (Å²) in [5, 5.41) is 10.0. The SMILES string of the molecule is N#Cc1ccc2ccn(CC(=O)c3ccc(Br)cc3)c2c1. The highest BCUT2D eigenvalue weighted by Gasteiger charge is 2.09. The van der Waals surface area contributed by atoms with Gasteiger partial charge >= 0.3 is 0 Å². The van der Waals surface area contributed by atoms with Crippen molar-refractivity contribution in [2.75, 3.05) is 0 Å². The Labute approximate surface area is 130 Å². The number of nitriles is 1. The van der Waals surface area contributed by atoms with E-state index in [-0.39, 0.29) is 12.3 Å². The highest BCUT2D eigenvalue weighted by atomic mass is 79.9. The summed E-state index contributed by atoms with van der Waals surface area (Å²) in [6.07, 6.45) is 1.88. The number of hydrogen-bond acceptors (Lipinski definition) is 2. The third kappa shape index (κ3) is 2.74. The molecule has 102 valence electrons. The number of rotatable bonds is 3. The van der Waals surface area contributed by atoms with Crippen LogP contribution in [0.1, 0.15) is 15.9 Å². The summed E-state index contributed by atoms with van der Waals surface area (Å²) in [4.78, 5) is 12.3. The predicted octanol–water partition coefficient (Wildman–Crippen LogP) is 4.16. The fourth-order valence-electron chi connectivity index (χ4n) is 2.27. The van der Waals surface area contributed by atoms with Crippen molar-refractivity contribution in [3.8, 4) is 6.07 Å². The second kappa shape index (κ2) is 5.55. The van der Waals surface area contributed by atoms with Crippen molar-refractivity contribution >= 4 is 32.6 Å². The monoisotopic (exact) mass is 338 g/mol. The Morgan fingerprint density at radius 1 is 1.14 bits per heavy atom. The molecule has 3 aromatic rings. The zero-order valence-electron chi connectivity index (χ0n) is 11.1. The molecule has 21 heavy (non-hydrogen) atoms. The van der Waals surface area contributed by atoms with Gasteiger partial charge in [0.15, 0.2) is 5.78 Å². The van der Waals surface area contributed by atoms with E-state index in [0.29, 0.717) is 11.1 Å². The first kappa shape index (κ1) is 13.6. The van der Waals surface area contributed by atoms with Crippen LogP contribution in [0.5, 0.6) is 0 Å². The Bertz CT molecular complexity index is 857. The molecule has 0 aliphatic heterocycles. The molecule has 3 rings (SSSR count). The molecule has 2 aromatic carbocycles. The van der Waals surface area contributed by atoms with E-state index in [1.54, 1.807) is 18.2 Å². The van der Waals surface area contributed by atoms with E-state index in [9.17, 15) is 4.79 Å². The van der Waals surface area contributed by atoms with Crippen LogP contribution in [0.25, 0.3) is 10.9 Å². The largest absolute Gasteiger partial charge is 0.340 e. The van der Waals surface area contributed by atoms with E-state index in [2.05, 4.69) is 22.0 Å². The molecule has 0 atom stereocenters. The number of aromatic nitrogens is 1. The van der Waals surface area contributed by atoms with E-state index in [1.165, 1.54) is 0 Å². The third-order valence-electron chi connectivity index (χ3n) is 3.38. The number of carbonyl (C=O) groups is 1. The quantitative estimate of drug-likeness (QED) is 0.673. The van der Waals surface area contributed by atoms with Gasteiger partial charge in [0.2, 0.25) is 0 Å². The van der Waals surface area contributed by atoms with Crippen LogP contribution < -0.4 is 0 Å². The average molecular weight is 339 g/mol. The lowest BCUT2D eigenvalue weighted by atomic mass is 10.1. The third-order valence-corrected chi connectivity index (χ3v) is 3.91. The van der Waals surface area contributed by atoms with Gasteiger partial charge in [-0.05, 0) is 35.7 Å². The van der Waals surface area contributed by atoms with Crippen molar-refractivity contribution in [2.24, 2.45) is 0 Å². The molecule has 0 spiro atoms. The zero-order valence-corrected chi connectivity index (χ0v) is 12.7. The number of halogens is 1. The fourth-order valence-corrected chi connectivity index (χ4v) is 2.54. The van der Waals surface area contributed by atoms with Gasteiger partial charge in [-0.3, -0.25) is 4.79 Å². The van der Waals surface area contributed by atoms with Crippen LogP contribution in [0.4, 0.5) is 0 Å². The van der Waals surface area contributed by atoms with Crippen LogP contribution >= 0.6 is 15.9 Å². The number of ketones is 1. The van der Waals surface area contributed by atoms with Crippen molar-refractivity contribution in [3.05, 3.63) is 70.3 Å². The lowest BCUT2D eigenvalue weighted by Crippen LogP contribution is -2.09. The van der Waals surface area contributed by atoms with Gasteiger partial charge in [0.05, 0.1) is 18.2 Å². The van der Waals surface area contributed by atoms with Crippen LogP contribution in [0.3, 0.4) is 0 Å². The molecule has 0 bridgehead atoms. The van der Waals surface area contributed by atoms with Gasteiger partial charge < -0.3 is 4.57 Å². The Kier molecular flexibility index (Phi) is 3.59. The summed E-state index contributed by atoms with van der Waals surface area (Å²) in [7, 11) is 0. The molecule has 0 unspecified atom stereocenters. The standard InChI is InChI=1S/C17H11BrN2O/c18-15-5-3-14(4-6-15)17(21)11-20-8-7-13-2-1-12(10-19)9-16(13)20/h1-9H,11H2. The minimum atomic E-state index is 0.0439. The number of Topliss-reactive ketones (excluding diaryl/α,β-unsaturated/α-hetero) is 1. The molecular weight excluding hydrogens is 328 g/mol. The smallest absolute Gasteiger partial charge is 0.182 e. The van der Waals surface area contributed by atoms with E-state index in [0.717, 1.165) is 15.4 Å². The minimum Gasteiger partial charge on any atom is -0.340 e. The predicted molar refractivity (Wildman–Crippen MR) is 85.1 cm³/mol. The van der Waals surface area contributed by atoms with E-state index in [1.807, 2.05) is 41.1 Å². The van der Waals surface area contributed by atoms with Crippen LogP contribution in [0, 0.1) is 11.3 Å². The highest BCUT2D eigenvalue weighted by Crippen LogP contribution is 2.18. The van der Waals surface area contributed by atoms with Crippen LogP contribution in [-0.2, 0) is 6.54 Å². The summed E-state index contributed by atoms with van der Waals surface area (Å²) in [6, 6.07) is 16.9. The first-order valence-corrected chi connectivity index (χ1v) is 7.24. The fraction of sp³-hybridized carbons (Fsp3) is 0.0588. The first-order valence-electron chi connectivity index (χ1n) is 6.45. The molecule has 0 saturated carbocycles. The number of hydrogen-bond donors (Lipinski definition) is 0. The van der Waals surface area contributed by atoms with Crippen LogP contribution in [-0.4, -0.2) is 10.4 Å². The Morgan fingerprint density at radius 2 is 1.90 bits per heavy atom. The molecule has 1 aromatic heterocycles. The molecule has 1 heterocycles. The van der Waals surface area contributed by atoms with Gasteiger partial charge in [-0.1, -0.05) is 34.1 Å². The highest BCUT2D eigenvalue weighted by molar-refractivity contribution is 9.10. The molecule has 0 saturated heterocycles. The van der Waals surface area contributed by atoms with Crippen molar-refractivity contribution in [3.63, 3.8) is 0 Å². The number of nitrogens with zero attached hydrogens (tertiary/aromatic N) is 2. The average Bonchev–Trinajstić information content (AvgIpc) is 2.90. The summed E-state index contributed by atoms with van der Waals surface area (Å²) in [5.41, 5.74) is 2.18. The van der Waals surface area contributed by atoms with Gasteiger partial charge in [0.1, 0.15) is 0 Å². The Hall–Kier alpha value is -2.38. The van der Waals surface area contributed by atoms with Gasteiger partial charge in [0, 0.05) is 21.7 Å². The van der Waals surface area contributed by atoms with Gasteiger partial charge in [-0.25, -0.2) is 0 Å². The summed E-state index contributed by atoms with van der Waals surface area (Å²) in [6.45, 7) is 0.264. The molecule has 0 N–H and O–H groups in total. The van der Waals surface area contributed by atoms with E-state index >= 15 is 0 Å². The lowest BCUT2D eigenvalue weighted by molar-refractivity contribution is 0.0973. The molecule has 0 aliphatic carbocycles. The summed E-state index contributed by atoms with van der Waals surface area (Å²) < 4.78 is 2.82. The maximum absolute atomic E-state index is 12.3. The molecular formula is C17H11BrN2O. The first-order chi connectivity index (χ1) is 10.2. The van der Waals surface area contributed by atoms with Crippen molar-refractivity contribution < 1.29 is 4.79 Å². The Morgan fingerprint density at radius 3 is 2.62 bits per heavy atom. The topological polar surface area (TPSA) is 45.8 Å². The number of benzene rings is 2. The second-order valence-electron chi connectivity index (χ2n) is 4.76. The van der Waals surface area contributed by atoms with E-state index < -0.39 is 0 Å². The lowest BCUT2D eigenvalue weighted by Gasteiger charge is -2.05. The number of carbonyl (C=O) groups excluding carboxylic acids is 1. The molecule has 0 radical (unpaired) electrons. The Balaban J connectivity index is 1.93. The summed E-state index contributed by atoms with van der Waals surface area (Å²) in [5.74, 6) is 0.0439. The van der Waals surface area contributed by atoms with Crippen molar-refractivity contribution in [1.82, 2.24) is 4.57 Å².